The molecule has 3 heteroatoms. The number of aryl methyl sites for hydroxylation is 1. The molecule has 132 valence electrons. The fourth-order valence-electron chi connectivity index (χ4n) is 3.68. The number of nitrogens with zero attached hydrogens (tertiary/aromatic N) is 1. The SMILES string of the molecule is C=CCn1cc(-c2c(C)ccc3oc([Si](C)(C)C)cc23)c2ccccc21. The zero-order chi connectivity index (χ0) is 18.5. The van der Waals surface area contributed by atoms with Crippen LogP contribution in [0.15, 0.2) is 65.7 Å². The lowest BCUT2D eigenvalue weighted by atomic mass is 9.96. The molecule has 2 aromatic carbocycles. The summed E-state index contributed by atoms with van der Waals surface area (Å²) < 4.78 is 8.53. The summed E-state index contributed by atoms with van der Waals surface area (Å²) in [6.07, 6.45) is 4.21. The maximum atomic E-state index is 6.25. The van der Waals surface area contributed by atoms with Gasteiger partial charge in [0.25, 0.3) is 0 Å². The Bertz CT molecular complexity index is 1120. The van der Waals surface area contributed by atoms with Crippen molar-refractivity contribution in [3.05, 3.63) is 66.9 Å². The quantitative estimate of drug-likeness (QED) is 0.318. The summed E-state index contributed by atoms with van der Waals surface area (Å²) in [5.41, 5.74) is 6.07. The number of furan rings is 1. The standard InChI is InChI=1S/C23H25NOSi/c1-6-13-24-15-19(17-9-7-8-10-20(17)24)23-16(2)11-12-21-18(23)14-22(25-21)26(3,4)5/h6-12,14-15H,1,13H2,2-5H3. The highest BCUT2D eigenvalue weighted by Gasteiger charge is 2.24. The average molecular weight is 360 g/mol. The van der Waals surface area contributed by atoms with E-state index in [1.165, 1.54) is 33.0 Å². The van der Waals surface area contributed by atoms with Crippen LogP contribution in [0.3, 0.4) is 0 Å². The number of para-hydroxylation sites is 1. The lowest BCUT2D eigenvalue weighted by molar-refractivity contribution is 0.648. The maximum Gasteiger partial charge on any atom is 0.134 e. The first-order valence-electron chi connectivity index (χ1n) is 9.13. The minimum Gasteiger partial charge on any atom is -0.466 e. The summed E-state index contributed by atoms with van der Waals surface area (Å²) in [4.78, 5) is 0. The van der Waals surface area contributed by atoms with Gasteiger partial charge in [0.15, 0.2) is 0 Å². The summed E-state index contributed by atoms with van der Waals surface area (Å²) in [6.45, 7) is 13.9. The van der Waals surface area contributed by atoms with Crippen molar-refractivity contribution in [3.8, 4) is 11.1 Å². The van der Waals surface area contributed by atoms with Gasteiger partial charge in [-0.15, -0.1) is 6.58 Å². The van der Waals surface area contributed by atoms with E-state index in [-0.39, 0.29) is 0 Å². The second-order valence-corrected chi connectivity index (χ2v) is 13.0. The van der Waals surface area contributed by atoms with Crippen molar-refractivity contribution in [3.63, 3.8) is 0 Å². The van der Waals surface area contributed by atoms with Crippen LogP contribution >= 0.6 is 0 Å². The Morgan fingerprint density at radius 3 is 2.58 bits per heavy atom. The third-order valence-electron chi connectivity index (χ3n) is 5.03. The van der Waals surface area contributed by atoms with Crippen molar-refractivity contribution in [1.29, 1.82) is 0 Å². The molecule has 0 aliphatic carbocycles. The van der Waals surface area contributed by atoms with E-state index in [0.717, 1.165) is 17.5 Å². The monoisotopic (exact) mass is 359 g/mol. The summed E-state index contributed by atoms with van der Waals surface area (Å²) >= 11 is 0. The second kappa shape index (κ2) is 6.03. The molecule has 0 radical (unpaired) electrons. The number of fused-ring (bicyclic) bond motifs is 2. The minimum absolute atomic E-state index is 0.807. The fourth-order valence-corrected chi connectivity index (χ4v) is 4.68. The predicted molar refractivity (Wildman–Crippen MR) is 115 cm³/mol. The van der Waals surface area contributed by atoms with Gasteiger partial charge in [-0.05, 0) is 36.2 Å². The van der Waals surface area contributed by atoms with Gasteiger partial charge in [-0.25, -0.2) is 0 Å². The highest BCUT2D eigenvalue weighted by molar-refractivity contribution is 6.87. The first kappa shape index (κ1) is 16.9. The zero-order valence-electron chi connectivity index (χ0n) is 16.0. The lowest BCUT2D eigenvalue weighted by Gasteiger charge is -2.10. The van der Waals surface area contributed by atoms with Crippen LogP contribution in [-0.4, -0.2) is 12.6 Å². The van der Waals surface area contributed by atoms with Crippen molar-refractivity contribution in [1.82, 2.24) is 4.57 Å². The molecule has 0 saturated heterocycles. The molecular formula is C23H25NOSi. The lowest BCUT2D eigenvalue weighted by Crippen LogP contribution is -2.36. The number of hydrogen-bond acceptors (Lipinski definition) is 1. The van der Waals surface area contributed by atoms with Crippen molar-refractivity contribution in [2.45, 2.75) is 33.1 Å². The molecule has 0 fully saturated rings. The van der Waals surface area contributed by atoms with E-state index in [9.17, 15) is 0 Å². The zero-order valence-corrected chi connectivity index (χ0v) is 17.0. The van der Waals surface area contributed by atoms with Crippen molar-refractivity contribution in [2.24, 2.45) is 0 Å². The number of rotatable bonds is 4. The Kier molecular flexibility index (Phi) is 3.92. The van der Waals surface area contributed by atoms with Crippen LogP contribution in [0.25, 0.3) is 33.0 Å². The third-order valence-corrected chi connectivity index (χ3v) is 6.76. The van der Waals surface area contributed by atoms with Crippen molar-refractivity contribution >= 4 is 35.3 Å². The van der Waals surface area contributed by atoms with E-state index in [4.69, 9.17) is 4.42 Å². The van der Waals surface area contributed by atoms with Gasteiger partial charge >= 0.3 is 0 Å². The van der Waals surface area contributed by atoms with Gasteiger partial charge < -0.3 is 8.98 Å². The van der Waals surface area contributed by atoms with Gasteiger partial charge in [0, 0.05) is 34.6 Å². The summed E-state index contributed by atoms with van der Waals surface area (Å²) in [7, 11) is -1.50. The molecule has 4 aromatic rings. The van der Waals surface area contributed by atoms with Crippen molar-refractivity contribution < 1.29 is 4.42 Å². The Labute approximate surface area is 155 Å². The second-order valence-electron chi connectivity index (χ2n) is 8.03. The molecule has 2 aromatic heterocycles. The molecule has 0 atom stereocenters. The topological polar surface area (TPSA) is 18.1 Å². The van der Waals surface area contributed by atoms with E-state index < -0.39 is 8.07 Å². The van der Waals surface area contributed by atoms with E-state index >= 15 is 0 Å². The van der Waals surface area contributed by atoms with Crippen LogP contribution in [0.1, 0.15) is 5.56 Å². The number of hydrogen-bond donors (Lipinski definition) is 0. The molecule has 0 N–H and O–H groups in total. The molecule has 0 amide bonds. The number of allylic oxidation sites excluding steroid dienone is 1. The smallest absolute Gasteiger partial charge is 0.134 e. The predicted octanol–water partition coefficient (Wildman–Crippen LogP) is 6.09. The van der Waals surface area contributed by atoms with Crippen molar-refractivity contribution in [2.75, 3.05) is 0 Å². The minimum atomic E-state index is -1.50. The van der Waals surface area contributed by atoms with Gasteiger partial charge in [-0.3, -0.25) is 0 Å². The summed E-state index contributed by atoms with van der Waals surface area (Å²) in [5, 5.41) is 3.67. The molecule has 0 bridgehead atoms. The average Bonchev–Trinajstić information content (AvgIpc) is 3.18. The first-order chi connectivity index (χ1) is 12.4. The highest BCUT2D eigenvalue weighted by Crippen LogP contribution is 2.38. The van der Waals surface area contributed by atoms with Gasteiger partial charge in [-0.1, -0.05) is 50.0 Å². The molecule has 0 aliphatic heterocycles. The largest absolute Gasteiger partial charge is 0.466 e. The summed E-state index contributed by atoms with van der Waals surface area (Å²) in [5.74, 6) is 0. The normalized spacial score (nSPS) is 12.2. The molecule has 26 heavy (non-hydrogen) atoms. The van der Waals surface area contributed by atoms with Gasteiger partial charge in [0.1, 0.15) is 13.7 Å². The molecule has 4 rings (SSSR count). The molecule has 2 heterocycles. The van der Waals surface area contributed by atoms with E-state index in [2.05, 4.69) is 86.4 Å². The Hall–Kier alpha value is -2.52. The molecule has 0 unspecified atom stereocenters. The Balaban J connectivity index is 2.06. The Morgan fingerprint density at radius 1 is 1.08 bits per heavy atom. The van der Waals surface area contributed by atoms with Crippen LogP contribution in [0, 0.1) is 6.92 Å². The molecule has 0 spiro atoms. The molecular weight excluding hydrogens is 334 g/mol. The molecule has 0 aliphatic rings. The van der Waals surface area contributed by atoms with Gasteiger partial charge in [-0.2, -0.15) is 0 Å². The maximum absolute atomic E-state index is 6.25. The van der Waals surface area contributed by atoms with E-state index in [1.54, 1.807) is 0 Å². The van der Waals surface area contributed by atoms with Crippen LogP contribution in [0.5, 0.6) is 0 Å². The molecule has 0 saturated carbocycles. The number of benzene rings is 2. The van der Waals surface area contributed by atoms with Gasteiger partial charge in [0.05, 0.1) is 5.38 Å². The van der Waals surface area contributed by atoms with Gasteiger partial charge in [0.2, 0.25) is 0 Å². The first-order valence-corrected chi connectivity index (χ1v) is 12.6. The Morgan fingerprint density at radius 2 is 1.85 bits per heavy atom. The molecule has 2 nitrogen and oxygen atoms in total. The van der Waals surface area contributed by atoms with Crippen LogP contribution in [0.4, 0.5) is 0 Å². The third kappa shape index (κ3) is 2.63. The van der Waals surface area contributed by atoms with E-state index in [0.29, 0.717) is 0 Å². The van der Waals surface area contributed by atoms with Crippen LogP contribution < -0.4 is 5.38 Å². The van der Waals surface area contributed by atoms with Crippen LogP contribution in [-0.2, 0) is 6.54 Å². The highest BCUT2D eigenvalue weighted by atomic mass is 28.3. The van der Waals surface area contributed by atoms with Crippen LogP contribution in [0.2, 0.25) is 19.6 Å². The summed E-state index contributed by atoms with van der Waals surface area (Å²) in [6, 6.07) is 15.2. The number of aromatic nitrogens is 1. The van der Waals surface area contributed by atoms with E-state index in [1.807, 2.05) is 6.08 Å². The fraction of sp³-hybridized carbons (Fsp3) is 0.217.